The van der Waals surface area contributed by atoms with E-state index in [-0.39, 0.29) is 18.4 Å². The largest absolute Gasteiger partial charge is 0.438 e. The summed E-state index contributed by atoms with van der Waals surface area (Å²) in [6.45, 7) is 1.89. The number of ketones is 1. The summed E-state index contributed by atoms with van der Waals surface area (Å²) >= 11 is 1.52. The first-order valence-electron chi connectivity index (χ1n) is 11.4. The predicted octanol–water partition coefficient (Wildman–Crippen LogP) is 5.38. The molecule has 0 bridgehead atoms. The van der Waals surface area contributed by atoms with Crippen molar-refractivity contribution in [2.75, 3.05) is 0 Å². The Hall–Kier alpha value is -3.26. The third-order valence-electron chi connectivity index (χ3n) is 5.62. The number of amides is 1. The maximum atomic E-state index is 12.9. The number of thiazole rings is 1. The number of oxazole rings is 1. The van der Waals surface area contributed by atoms with Crippen LogP contribution in [-0.4, -0.2) is 26.1 Å². The average Bonchev–Trinajstić information content (AvgIpc) is 3.57. The van der Waals surface area contributed by atoms with Crippen LogP contribution in [0.3, 0.4) is 0 Å². The van der Waals surface area contributed by atoms with Crippen LogP contribution in [0.4, 0.5) is 0 Å². The van der Waals surface area contributed by atoms with E-state index >= 15 is 0 Å². The van der Waals surface area contributed by atoms with E-state index in [1.807, 2.05) is 53.2 Å². The number of rotatable bonds is 12. The highest BCUT2D eigenvalue weighted by Crippen LogP contribution is 2.26. The number of aromatic nitrogens is 3. The number of carbonyl (C=O) groups excluding carboxylic acids is 2. The van der Waals surface area contributed by atoms with Crippen molar-refractivity contribution < 1.29 is 14.0 Å². The zero-order valence-electron chi connectivity index (χ0n) is 18.7. The topological polar surface area (TPSA) is 89.5 Å². The Morgan fingerprint density at radius 3 is 2.82 bits per heavy atom. The normalized spacial score (nSPS) is 12.2. The van der Waals surface area contributed by atoms with Crippen molar-refractivity contribution in [3.63, 3.8) is 0 Å². The van der Waals surface area contributed by atoms with Gasteiger partial charge in [-0.2, -0.15) is 0 Å². The standard InChI is InChI=1S/C25H28N4O3S/c1-2-20(30)11-7-4-8-12-21(24-27-16-22(32-24)18-9-5-3-6-10-18)28-23(31)15-19-17-33-25-26-13-14-29(19)25/h3,5-6,9-10,13-14,16-17,21H,2,4,7-8,11-12,15H2,1H3,(H,28,31)/t21-/m0/s1. The molecular formula is C25H28N4O3S. The summed E-state index contributed by atoms with van der Waals surface area (Å²) in [6, 6.07) is 9.46. The molecule has 0 aliphatic carbocycles. The molecule has 0 saturated carbocycles. The van der Waals surface area contributed by atoms with Crippen molar-refractivity contribution in [2.24, 2.45) is 0 Å². The van der Waals surface area contributed by atoms with Crippen LogP contribution in [0.25, 0.3) is 16.3 Å². The fraction of sp³-hybridized carbons (Fsp3) is 0.360. The Kier molecular flexibility index (Phi) is 7.67. The molecule has 1 aromatic carbocycles. The molecule has 0 spiro atoms. The molecule has 0 aliphatic rings. The molecule has 4 rings (SSSR count). The lowest BCUT2D eigenvalue weighted by Crippen LogP contribution is -2.30. The molecule has 0 radical (unpaired) electrons. The van der Waals surface area contributed by atoms with Gasteiger partial charge in [0.15, 0.2) is 10.7 Å². The second kappa shape index (κ2) is 11.0. The molecule has 33 heavy (non-hydrogen) atoms. The molecular weight excluding hydrogens is 436 g/mol. The van der Waals surface area contributed by atoms with Crippen LogP contribution in [0, 0.1) is 0 Å². The number of nitrogens with zero attached hydrogens (tertiary/aromatic N) is 3. The van der Waals surface area contributed by atoms with Crippen molar-refractivity contribution in [3.05, 3.63) is 65.9 Å². The molecule has 1 amide bonds. The fourth-order valence-electron chi connectivity index (χ4n) is 3.78. The van der Waals surface area contributed by atoms with Crippen LogP contribution in [0.1, 0.15) is 63.1 Å². The maximum Gasteiger partial charge on any atom is 0.226 e. The molecule has 4 aromatic rings. The van der Waals surface area contributed by atoms with Gasteiger partial charge >= 0.3 is 0 Å². The number of benzene rings is 1. The van der Waals surface area contributed by atoms with Crippen molar-refractivity contribution in [1.29, 1.82) is 0 Å². The number of hydrogen-bond donors (Lipinski definition) is 1. The molecule has 1 N–H and O–H groups in total. The van der Waals surface area contributed by atoms with E-state index in [1.165, 1.54) is 11.3 Å². The van der Waals surface area contributed by atoms with Gasteiger partial charge in [0, 0.05) is 41.9 Å². The van der Waals surface area contributed by atoms with E-state index in [0.717, 1.165) is 35.5 Å². The quantitative estimate of drug-likeness (QED) is 0.284. The molecule has 7 nitrogen and oxygen atoms in total. The Balaban J connectivity index is 1.42. The molecule has 0 unspecified atom stereocenters. The summed E-state index contributed by atoms with van der Waals surface area (Å²) in [5.74, 6) is 1.39. The Labute approximate surface area is 196 Å². The van der Waals surface area contributed by atoms with Crippen molar-refractivity contribution in [1.82, 2.24) is 19.7 Å². The molecule has 172 valence electrons. The summed E-state index contributed by atoms with van der Waals surface area (Å²) in [5, 5.41) is 5.07. The zero-order valence-corrected chi connectivity index (χ0v) is 19.5. The Morgan fingerprint density at radius 2 is 2.00 bits per heavy atom. The molecule has 3 heterocycles. The van der Waals surface area contributed by atoms with Crippen molar-refractivity contribution in [2.45, 2.75) is 57.9 Å². The SMILES string of the molecule is CCC(=O)CCCCC[C@H](NC(=O)Cc1csc2nccn12)c1ncc(-c2ccccc2)o1. The van der Waals surface area contributed by atoms with E-state index in [0.29, 0.717) is 36.7 Å². The maximum absolute atomic E-state index is 12.9. The van der Waals surface area contributed by atoms with Crippen LogP contribution in [0.15, 0.2) is 58.7 Å². The van der Waals surface area contributed by atoms with Gasteiger partial charge in [0.2, 0.25) is 11.8 Å². The first-order valence-corrected chi connectivity index (χ1v) is 12.2. The number of fused-ring (bicyclic) bond motifs is 1. The number of Topliss-reactive ketones (excluding diaryl/α,β-unsaturated/α-hetero) is 1. The summed E-state index contributed by atoms with van der Waals surface area (Å²) in [7, 11) is 0. The van der Waals surface area contributed by atoms with E-state index in [4.69, 9.17) is 4.42 Å². The smallest absolute Gasteiger partial charge is 0.226 e. The van der Waals surface area contributed by atoms with Crippen LogP contribution in [0.2, 0.25) is 0 Å². The van der Waals surface area contributed by atoms with E-state index in [1.54, 1.807) is 12.4 Å². The van der Waals surface area contributed by atoms with Crippen LogP contribution in [-0.2, 0) is 16.0 Å². The molecule has 8 heteroatoms. The number of imidazole rings is 1. The minimum Gasteiger partial charge on any atom is -0.438 e. The molecule has 0 aliphatic heterocycles. The minimum absolute atomic E-state index is 0.0889. The number of nitrogens with one attached hydrogen (secondary N) is 1. The number of carbonyl (C=O) groups is 2. The highest BCUT2D eigenvalue weighted by molar-refractivity contribution is 7.15. The first kappa shape index (κ1) is 22.9. The van der Waals surface area contributed by atoms with Crippen LogP contribution >= 0.6 is 11.3 Å². The van der Waals surface area contributed by atoms with Gasteiger partial charge in [0.25, 0.3) is 0 Å². The van der Waals surface area contributed by atoms with Crippen molar-refractivity contribution in [3.8, 4) is 11.3 Å². The van der Waals surface area contributed by atoms with Gasteiger partial charge in [0.1, 0.15) is 11.8 Å². The fourth-order valence-corrected chi connectivity index (χ4v) is 4.63. The van der Waals surface area contributed by atoms with Gasteiger partial charge in [-0.05, 0) is 12.8 Å². The number of unbranched alkanes of at least 4 members (excludes halogenated alkanes) is 2. The first-order chi connectivity index (χ1) is 16.1. The summed E-state index contributed by atoms with van der Waals surface area (Å²) < 4.78 is 7.98. The van der Waals surface area contributed by atoms with Gasteiger partial charge in [-0.3, -0.25) is 14.0 Å². The Bertz CT molecular complexity index is 1190. The summed E-state index contributed by atoms with van der Waals surface area (Å²) in [5.41, 5.74) is 1.85. The monoisotopic (exact) mass is 464 g/mol. The molecule has 1 atom stereocenters. The highest BCUT2D eigenvalue weighted by Gasteiger charge is 2.21. The minimum atomic E-state index is -0.325. The van der Waals surface area contributed by atoms with Gasteiger partial charge in [0.05, 0.1) is 12.6 Å². The third-order valence-corrected chi connectivity index (χ3v) is 6.52. The second-order valence-corrected chi connectivity index (χ2v) is 8.86. The predicted molar refractivity (Wildman–Crippen MR) is 128 cm³/mol. The zero-order chi connectivity index (χ0) is 23.0. The lowest BCUT2D eigenvalue weighted by Gasteiger charge is -2.16. The lowest BCUT2D eigenvalue weighted by atomic mass is 10.0. The van der Waals surface area contributed by atoms with Gasteiger partial charge < -0.3 is 9.73 Å². The highest BCUT2D eigenvalue weighted by atomic mass is 32.1. The average molecular weight is 465 g/mol. The van der Waals surface area contributed by atoms with Crippen LogP contribution < -0.4 is 5.32 Å². The van der Waals surface area contributed by atoms with Gasteiger partial charge in [-0.15, -0.1) is 11.3 Å². The second-order valence-electron chi connectivity index (χ2n) is 8.02. The van der Waals surface area contributed by atoms with E-state index in [9.17, 15) is 9.59 Å². The molecule has 0 fully saturated rings. The van der Waals surface area contributed by atoms with E-state index < -0.39 is 0 Å². The lowest BCUT2D eigenvalue weighted by molar-refractivity contribution is -0.121. The molecule has 0 saturated heterocycles. The van der Waals surface area contributed by atoms with Gasteiger partial charge in [-0.25, -0.2) is 9.97 Å². The van der Waals surface area contributed by atoms with E-state index in [2.05, 4.69) is 15.3 Å². The van der Waals surface area contributed by atoms with Crippen molar-refractivity contribution >= 4 is 28.0 Å². The third kappa shape index (κ3) is 5.96. The number of hydrogen-bond acceptors (Lipinski definition) is 6. The molecule has 3 aromatic heterocycles. The summed E-state index contributed by atoms with van der Waals surface area (Å²) in [6.07, 6.45) is 10.1. The van der Waals surface area contributed by atoms with Crippen LogP contribution in [0.5, 0.6) is 0 Å². The Morgan fingerprint density at radius 1 is 1.15 bits per heavy atom. The summed E-state index contributed by atoms with van der Waals surface area (Å²) in [4.78, 5) is 34.1. The van der Waals surface area contributed by atoms with Gasteiger partial charge in [-0.1, -0.05) is 50.1 Å².